The fourth-order valence-corrected chi connectivity index (χ4v) is 4.95. The van der Waals surface area contributed by atoms with Crippen molar-refractivity contribution in [2.45, 2.75) is 25.3 Å². The summed E-state index contributed by atoms with van der Waals surface area (Å²) in [5, 5.41) is 4.44. The number of benzene rings is 1. The number of fused-ring (bicyclic) bond motifs is 1. The topological polar surface area (TPSA) is 20.3 Å². The normalized spacial score (nSPS) is 28.7. The summed E-state index contributed by atoms with van der Waals surface area (Å²) in [6.07, 6.45) is 1.80. The third kappa shape index (κ3) is 2.64. The molecule has 1 aromatic carbocycles. The maximum atomic E-state index is 12.4. The van der Waals surface area contributed by atoms with Crippen LogP contribution in [-0.4, -0.2) is 23.8 Å². The zero-order valence-electron chi connectivity index (χ0n) is 12.7. The maximum absolute atomic E-state index is 12.4. The van der Waals surface area contributed by atoms with Crippen molar-refractivity contribution in [3.63, 3.8) is 0 Å². The van der Waals surface area contributed by atoms with Gasteiger partial charge >= 0.3 is 0 Å². The summed E-state index contributed by atoms with van der Waals surface area (Å²) in [4.78, 5) is 14.8. The molecule has 2 aliphatic rings. The Morgan fingerprint density at radius 1 is 1.09 bits per heavy atom. The number of ketones is 1. The number of carbonyl (C=O) groups is 1. The Morgan fingerprint density at radius 2 is 1.95 bits per heavy atom. The van der Waals surface area contributed by atoms with Crippen LogP contribution in [0.4, 0.5) is 0 Å². The number of hydrogen-bond donors (Lipinski definition) is 0. The molecule has 0 N–H and O–H groups in total. The molecule has 2 aromatic rings. The van der Waals surface area contributed by atoms with E-state index >= 15 is 0 Å². The van der Waals surface area contributed by atoms with Gasteiger partial charge in [-0.25, -0.2) is 0 Å². The molecule has 0 amide bonds. The third-order valence-corrected chi connectivity index (χ3v) is 5.99. The molecular weight excluding hydrogens is 290 g/mol. The molecule has 22 heavy (non-hydrogen) atoms. The van der Waals surface area contributed by atoms with Crippen LogP contribution >= 0.6 is 11.3 Å². The summed E-state index contributed by atoms with van der Waals surface area (Å²) in [7, 11) is 0. The molecule has 0 spiro atoms. The molecule has 0 bridgehead atoms. The van der Waals surface area contributed by atoms with Crippen LogP contribution in [0, 0.1) is 11.8 Å². The van der Waals surface area contributed by atoms with Crippen LogP contribution in [0.5, 0.6) is 0 Å². The van der Waals surface area contributed by atoms with E-state index in [4.69, 9.17) is 0 Å². The molecular formula is C19H21NOS. The van der Waals surface area contributed by atoms with Gasteiger partial charge < -0.3 is 0 Å². The molecule has 1 saturated carbocycles. The van der Waals surface area contributed by atoms with Gasteiger partial charge in [0.15, 0.2) is 0 Å². The minimum absolute atomic E-state index is 0.252. The molecule has 1 aliphatic carbocycles. The van der Waals surface area contributed by atoms with Crippen LogP contribution in [0.1, 0.15) is 29.9 Å². The summed E-state index contributed by atoms with van der Waals surface area (Å²) in [6.45, 7) is 2.97. The van der Waals surface area contributed by atoms with Gasteiger partial charge in [0.1, 0.15) is 5.78 Å². The standard InChI is InChI=1S/C19H21NOS/c21-19-7-6-16(15-8-9-22-13-15)17-11-20(12-18(17)19)10-14-4-2-1-3-5-14/h1-5,8-9,13,16-18H,6-7,10-12H2. The molecule has 2 heterocycles. The van der Waals surface area contributed by atoms with Gasteiger partial charge in [-0.1, -0.05) is 30.3 Å². The van der Waals surface area contributed by atoms with Crippen molar-refractivity contribution >= 4 is 17.1 Å². The zero-order chi connectivity index (χ0) is 14.9. The number of nitrogens with zero attached hydrogens (tertiary/aromatic N) is 1. The summed E-state index contributed by atoms with van der Waals surface area (Å²) in [5.41, 5.74) is 2.80. The van der Waals surface area contributed by atoms with Crippen LogP contribution < -0.4 is 0 Å². The van der Waals surface area contributed by atoms with Gasteiger partial charge in [-0.2, -0.15) is 11.3 Å². The predicted molar refractivity (Wildman–Crippen MR) is 90.0 cm³/mol. The van der Waals surface area contributed by atoms with E-state index in [0.29, 0.717) is 17.6 Å². The molecule has 3 atom stereocenters. The highest BCUT2D eigenvalue weighted by Gasteiger charge is 2.44. The lowest BCUT2D eigenvalue weighted by Crippen LogP contribution is -2.32. The Morgan fingerprint density at radius 3 is 2.73 bits per heavy atom. The number of rotatable bonds is 3. The van der Waals surface area contributed by atoms with Crippen molar-refractivity contribution in [2.24, 2.45) is 11.8 Å². The lowest BCUT2D eigenvalue weighted by molar-refractivity contribution is -0.125. The Bertz CT molecular complexity index is 637. The van der Waals surface area contributed by atoms with E-state index in [1.165, 1.54) is 11.1 Å². The lowest BCUT2D eigenvalue weighted by atomic mass is 9.71. The van der Waals surface area contributed by atoms with Gasteiger partial charge in [0.25, 0.3) is 0 Å². The molecule has 114 valence electrons. The Balaban J connectivity index is 1.52. The van der Waals surface area contributed by atoms with Crippen LogP contribution in [0.15, 0.2) is 47.2 Å². The van der Waals surface area contributed by atoms with E-state index in [2.05, 4.69) is 52.1 Å². The van der Waals surface area contributed by atoms with Crippen molar-refractivity contribution < 1.29 is 4.79 Å². The molecule has 3 heteroatoms. The summed E-state index contributed by atoms with van der Waals surface area (Å²) >= 11 is 1.77. The molecule has 1 aromatic heterocycles. The monoisotopic (exact) mass is 311 g/mol. The van der Waals surface area contributed by atoms with E-state index in [-0.39, 0.29) is 5.92 Å². The average Bonchev–Trinajstić information content (AvgIpc) is 3.19. The summed E-state index contributed by atoms with van der Waals surface area (Å²) < 4.78 is 0. The second-order valence-electron chi connectivity index (χ2n) is 6.62. The van der Waals surface area contributed by atoms with Crippen molar-refractivity contribution in [1.29, 1.82) is 0 Å². The smallest absolute Gasteiger partial charge is 0.137 e. The van der Waals surface area contributed by atoms with Gasteiger partial charge in [0.2, 0.25) is 0 Å². The van der Waals surface area contributed by atoms with Gasteiger partial charge in [-0.15, -0.1) is 0 Å². The Kier molecular flexibility index (Phi) is 3.85. The molecule has 1 aliphatic heterocycles. The Hall–Kier alpha value is -1.45. The van der Waals surface area contributed by atoms with Crippen molar-refractivity contribution in [3.05, 3.63) is 58.3 Å². The van der Waals surface area contributed by atoms with E-state index in [0.717, 1.165) is 32.5 Å². The summed E-state index contributed by atoms with van der Waals surface area (Å²) in [5.74, 6) is 1.84. The fourth-order valence-electron chi connectivity index (χ4n) is 4.23. The average molecular weight is 311 g/mol. The van der Waals surface area contributed by atoms with Gasteiger partial charge in [-0.3, -0.25) is 9.69 Å². The molecule has 1 saturated heterocycles. The largest absolute Gasteiger partial charge is 0.299 e. The highest BCUT2D eigenvalue weighted by Crippen LogP contribution is 2.44. The van der Waals surface area contributed by atoms with E-state index < -0.39 is 0 Å². The first kappa shape index (κ1) is 14.2. The van der Waals surface area contributed by atoms with Gasteiger partial charge in [0, 0.05) is 32.0 Å². The fraction of sp³-hybridized carbons (Fsp3) is 0.421. The zero-order valence-corrected chi connectivity index (χ0v) is 13.5. The molecule has 2 nitrogen and oxygen atoms in total. The first-order valence-corrected chi connectivity index (χ1v) is 9.06. The lowest BCUT2D eigenvalue weighted by Gasteiger charge is -2.31. The SMILES string of the molecule is O=C1CCC(c2ccsc2)C2CN(Cc3ccccc3)CC12. The van der Waals surface area contributed by atoms with Gasteiger partial charge in [-0.05, 0) is 46.2 Å². The van der Waals surface area contributed by atoms with E-state index in [1.807, 2.05) is 0 Å². The highest BCUT2D eigenvalue weighted by atomic mass is 32.1. The van der Waals surface area contributed by atoms with Crippen LogP contribution in [0.25, 0.3) is 0 Å². The molecule has 4 rings (SSSR count). The number of carbonyl (C=O) groups excluding carboxylic acids is 1. The minimum Gasteiger partial charge on any atom is -0.299 e. The first-order chi connectivity index (χ1) is 10.8. The number of likely N-dealkylation sites (tertiary alicyclic amines) is 1. The summed E-state index contributed by atoms with van der Waals surface area (Å²) in [6, 6.07) is 12.9. The van der Waals surface area contributed by atoms with Crippen molar-refractivity contribution in [1.82, 2.24) is 4.90 Å². The third-order valence-electron chi connectivity index (χ3n) is 5.29. The highest BCUT2D eigenvalue weighted by molar-refractivity contribution is 7.08. The number of Topliss-reactive ketones (excluding diaryl/α,β-unsaturated/α-hetero) is 1. The van der Waals surface area contributed by atoms with E-state index in [9.17, 15) is 4.79 Å². The molecule has 3 unspecified atom stereocenters. The van der Waals surface area contributed by atoms with Crippen molar-refractivity contribution in [3.8, 4) is 0 Å². The van der Waals surface area contributed by atoms with Crippen LogP contribution in [0.3, 0.4) is 0 Å². The molecule has 2 fully saturated rings. The second kappa shape index (κ2) is 5.98. The van der Waals surface area contributed by atoms with Crippen LogP contribution in [0.2, 0.25) is 0 Å². The van der Waals surface area contributed by atoms with Crippen LogP contribution in [-0.2, 0) is 11.3 Å². The number of thiophene rings is 1. The Labute approximate surface area is 135 Å². The predicted octanol–water partition coefficient (Wildman–Crippen LogP) is 3.94. The quantitative estimate of drug-likeness (QED) is 0.855. The minimum atomic E-state index is 0.252. The first-order valence-electron chi connectivity index (χ1n) is 8.12. The number of hydrogen-bond acceptors (Lipinski definition) is 3. The second-order valence-corrected chi connectivity index (χ2v) is 7.40. The van der Waals surface area contributed by atoms with Crippen molar-refractivity contribution in [2.75, 3.05) is 13.1 Å². The van der Waals surface area contributed by atoms with Gasteiger partial charge in [0.05, 0.1) is 0 Å². The molecule has 0 radical (unpaired) electrons. The maximum Gasteiger partial charge on any atom is 0.137 e. The van der Waals surface area contributed by atoms with E-state index in [1.54, 1.807) is 11.3 Å².